The quantitative estimate of drug-likeness (QED) is 0.922. The van der Waals surface area contributed by atoms with Gasteiger partial charge in [0.05, 0.1) is 24.0 Å². The summed E-state index contributed by atoms with van der Waals surface area (Å²) in [6.07, 6.45) is 3.07. The Hall–Kier alpha value is -1.36. The van der Waals surface area contributed by atoms with Crippen LogP contribution < -0.4 is 4.90 Å². The van der Waals surface area contributed by atoms with Crippen LogP contribution in [-0.4, -0.2) is 28.2 Å². The molecule has 2 rings (SSSR count). The van der Waals surface area contributed by atoms with E-state index in [2.05, 4.69) is 9.97 Å². The van der Waals surface area contributed by atoms with Crippen molar-refractivity contribution in [3.05, 3.63) is 52.3 Å². The normalized spacial score (nSPS) is 10.5. The highest BCUT2D eigenvalue weighted by Crippen LogP contribution is 2.16. The third-order valence-corrected chi connectivity index (χ3v) is 2.95. The molecular formula is C13H13Cl2N3O. The Morgan fingerprint density at radius 2 is 1.84 bits per heavy atom. The first kappa shape index (κ1) is 14.1. The summed E-state index contributed by atoms with van der Waals surface area (Å²) in [4.78, 5) is 10.2. The molecule has 4 nitrogen and oxygen atoms in total. The number of halogens is 2. The van der Waals surface area contributed by atoms with Gasteiger partial charge in [-0.1, -0.05) is 35.3 Å². The number of hydrogen-bond acceptors (Lipinski definition) is 4. The first-order valence-electron chi connectivity index (χ1n) is 5.77. The molecule has 0 unspecified atom stereocenters. The van der Waals surface area contributed by atoms with Gasteiger partial charge in [-0.25, -0.2) is 9.97 Å². The third kappa shape index (κ3) is 4.06. The minimum atomic E-state index is 0.0204. The summed E-state index contributed by atoms with van der Waals surface area (Å²) >= 11 is 11.7. The van der Waals surface area contributed by atoms with E-state index in [1.165, 1.54) is 12.4 Å². The summed E-state index contributed by atoms with van der Waals surface area (Å²) < 4.78 is 0. The predicted molar refractivity (Wildman–Crippen MR) is 76.6 cm³/mol. The van der Waals surface area contributed by atoms with Gasteiger partial charge in [0.25, 0.3) is 0 Å². The van der Waals surface area contributed by atoms with Crippen molar-refractivity contribution in [1.82, 2.24) is 9.97 Å². The first-order chi connectivity index (χ1) is 9.19. The van der Waals surface area contributed by atoms with E-state index in [4.69, 9.17) is 28.3 Å². The average molecular weight is 298 g/mol. The molecule has 0 fully saturated rings. The number of benzene rings is 1. The van der Waals surface area contributed by atoms with Gasteiger partial charge in [0.2, 0.25) is 5.95 Å². The molecule has 0 radical (unpaired) electrons. The van der Waals surface area contributed by atoms with Crippen LogP contribution in [0.5, 0.6) is 0 Å². The van der Waals surface area contributed by atoms with Crippen molar-refractivity contribution < 1.29 is 5.11 Å². The molecular weight excluding hydrogens is 285 g/mol. The van der Waals surface area contributed by atoms with Crippen LogP contribution in [0.25, 0.3) is 0 Å². The Bertz CT molecular complexity index is 534. The SMILES string of the molecule is OCCN(Cc1cccc(Cl)c1)c1ncc(Cl)cn1. The third-order valence-electron chi connectivity index (χ3n) is 2.52. The molecule has 0 aliphatic heterocycles. The van der Waals surface area contributed by atoms with Crippen molar-refractivity contribution in [3.63, 3.8) is 0 Å². The van der Waals surface area contributed by atoms with Gasteiger partial charge in [0.15, 0.2) is 0 Å². The van der Waals surface area contributed by atoms with Gasteiger partial charge < -0.3 is 10.0 Å². The summed E-state index contributed by atoms with van der Waals surface area (Å²) in [5.41, 5.74) is 1.03. The van der Waals surface area contributed by atoms with Crippen LogP contribution in [0.4, 0.5) is 5.95 Å². The lowest BCUT2D eigenvalue weighted by atomic mass is 10.2. The van der Waals surface area contributed by atoms with E-state index in [0.717, 1.165) is 5.56 Å². The van der Waals surface area contributed by atoms with Crippen LogP contribution in [0.15, 0.2) is 36.7 Å². The maximum absolute atomic E-state index is 9.14. The summed E-state index contributed by atoms with van der Waals surface area (Å²) in [5, 5.41) is 10.3. The molecule has 1 N–H and O–H groups in total. The van der Waals surface area contributed by atoms with Crippen LogP contribution >= 0.6 is 23.2 Å². The van der Waals surface area contributed by atoms with Crippen molar-refractivity contribution in [2.75, 3.05) is 18.1 Å². The molecule has 1 aromatic heterocycles. The van der Waals surface area contributed by atoms with Crippen molar-refractivity contribution in [2.24, 2.45) is 0 Å². The second-order valence-electron chi connectivity index (χ2n) is 3.98. The second kappa shape index (κ2) is 6.70. The van der Waals surface area contributed by atoms with Gasteiger partial charge in [0.1, 0.15) is 0 Å². The van der Waals surface area contributed by atoms with Gasteiger partial charge in [0, 0.05) is 18.1 Å². The standard InChI is InChI=1S/C13H13Cl2N3O/c14-11-3-1-2-10(6-11)9-18(4-5-19)13-16-7-12(15)8-17-13/h1-3,6-8,19H,4-5,9H2. The summed E-state index contributed by atoms with van der Waals surface area (Å²) in [6, 6.07) is 7.55. The number of nitrogens with zero attached hydrogens (tertiary/aromatic N) is 3. The maximum Gasteiger partial charge on any atom is 0.225 e. The number of aliphatic hydroxyl groups excluding tert-OH is 1. The molecule has 0 saturated carbocycles. The number of rotatable bonds is 5. The summed E-state index contributed by atoms with van der Waals surface area (Å²) in [7, 11) is 0. The zero-order valence-corrected chi connectivity index (χ0v) is 11.6. The lowest BCUT2D eigenvalue weighted by Crippen LogP contribution is -2.27. The Morgan fingerprint density at radius 1 is 1.11 bits per heavy atom. The molecule has 1 aromatic carbocycles. The number of aliphatic hydroxyl groups is 1. The topological polar surface area (TPSA) is 49.2 Å². The van der Waals surface area contributed by atoms with E-state index in [-0.39, 0.29) is 6.61 Å². The summed E-state index contributed by atoms with van der Waals surface area (Å²) in [5.74, 6) is 0.526. The molecule has 2 aromatic rings. The molecule has 0 aliphatic rings. The molecule has 1 heterocycles. The summed E-state index contributed by atoms with van der Waals surface area (Å²) in [6.45, 7) is 1.03. The van der Waals surface area contributed by atoms with Crippen LogP contribution in [-0.2, 0) is 6.54 Å². The minimum Gasteiger partial charge on any atom is -0.395 e. The molecule has 100 valence electrons. The molecule has 0 saturated heterocycles. The van der Waals surface area contributed by atoms with Crippen molar-refractivity contribution in [1.29, 1.82) is 0 Å². The fraction of sp³-hybridized carbons (Fsp3) is 0.231. The zero-order chi connectivity index (χ0) is 13.7. The monoisotopic (exact) mass is 297 g/mol. The van der Waals surface area contributed by atoms with Crippen LogP contribution in [0, 0.1) is 0 Å². The molecule has 19 heavy (non-hydrogen) atoms. The minimum absolute atomic E-state index is 0.0204. The van der Waals surface area contributed by atoms with E-state index in [0.29, 0.717) is 29.1 Å². The molecule has 0 atom stereocenters. The highest BCUT2D eigenvalue weighted by molar-refractivity contribution is 6.30. The van der Waals surface area contributed by atoms with E-state index < -0.39 is 0 Å². The molecule has 0 amide bonds. The van der Waals surface area contributed by atoms with Crippen molar-refractivity contribution in [3.8, 4) is 0 Å². The number of hydrogen-bond donors (Lipinski definition) is 1. The molecule has 0 aliphatic carbocycles. The van der Waals surface area contributed by atoms with Gasteiger partial charge >= 0.3 is 0 Å². The smallest absolute Gasteiger partial charge is 0.225 e. The highest BCUT2D eigenvalue weighted by Gasteiger charge is 2.10. The average Bonchev–Trinajstić information content (AvgIpc) is 2.39. The zero-order valence-electron chi connectivity index (χ0n) is 10.1. The van der Waals surface area contributed by atoms with Crippen LogP contribution in [0.3, 0.4) is 0 Å². The fourth-order valence-corrected chi connectivity index (χ4v) is 2.01. The Labute approximate surface area is 121 Å². The Balaban J connectivity index is 2.18. The number of anilines is 1. The van der Waals surface area contributed by atoms with Crippen LogP contribution in [0.1, 0.15) is 5.56 Å². The number of aromatic nitrogens is 2. The maximum atomic E-state index is 9.14. The predicted octanol–water partition coefficient (Wildman–Crippen LogP) is 2.78. The van der Waals surface area contributed by atoms with Gasteiger partial charge in [-0.3, -0.25) is 0 Å². The van der Waals surface area contributed by atoms with Gasteiger partial charge in [-0.05, 0) is 17.7 Å². The first-order valence-corrected chi connectivity index (χ1v) is 6.52. The van der Waals surface area contributed by atoms with E-state index in [1.54, 1.807) is 0 Å². The van der Waals surface area contributed by atoms with Crippen LogP contribution in [0.2, 0.25) is 10.0 Å². The highest BCUT2D eigenvalue weighted by atomic mass is 35.5. The van der Waals surface area contributed by atoms with E-state index >= 15 is 0 Å². The fourth-order valence-electron chi connectivity index (χ4n) is 1.69. The van der Waals surface area contributed by atoms with Gasteiger partial charge in [-0.2, -0.15) is 0 Å². The lowest BCUT2D eigenvalue weighted by molar-refractivity contribution is 0.301. The second-order valence-corrected chi connectivity index (χ2v) is 4.85. The lowest BCUT2D eigenvalue weighted by Gasteiger charge is -2.21. The Kier molecular flexibility index (Phi) is 4.96. The largest absolute Gasteiger partial charge is 0.395 e. The molecule has 6 heteroatoms. The van der Waals surface area contributed by atoms with Gasteiger partial charge in [-0.15, -0.1) is 0 Å². The van der Waals surface area contributed by atoms with Crippen molar-refractivity contribution >= 4 is 29.2 Å². The Morgan fingerprint density at radius 3 is 2.47 bits per heavy atom. The van der Waals surface area contributed by atoms with E-state index in [1.807, 2.05) is 29.2 Å². The van der Waals surface area contributed by atoms with E-state index in [9.17, 15) is 0 Å². The van der Waals surface area contributed by atoms with Crippen molar-refractivity contribution in [2.45, 2.75) is 6.54 Å². The molecule has 0 bridgehead atoms. The molecule has 0 spiro atoms.